The van der Waals surface area contributed by atoms with Crippen LogP contribution in [-0.4, -0.2) is 36.7 Å². The Morgan fingerprint density at radius 2 is 1.81 bits per heavy atom. The number of hydrogen-bond donors (Lipinski definition) is 3. The number of carbonyl (C=O) groups excluding carboxylic acids is 2. The van der Waals surface area contributed by atoms with Gasteiger partial charge in [-0.25, -0.2) is 9.78 Å². The van der Waals surface area contributed by atoms with Crippen LogP contribution in [0.25, 0.3) is 0 Å². The Hall–Kier alpha value is -4.59. The second kappa shape index (κ2) is 11.7. The number of allylic oxidation sites excluding steroid dienone is 3. The van der Waals surface area contributed by atoms with Crippen molar-refractivity contribution in [2.75, 3.05) is 24.6 Å². The fraction of sp³-hybridized carbons (Fsp3) is 0.324. The highest BCUT2D eigenvalue weighted by Crippen LogP contribution is 2.51. The smallest absolute Gasteiger partial charge is 0.407 e. The molecule has 6 rings (SSSR count). The van der Waals surface area contributed by atoms with E-state index in [2.05, 4.69) is 56.9 Å². The number of alkyl carbamates (subject to hydrolysis) is 1. The maximum atomic E-state index is 13.1. The fourth-order valence-electron chi connectivity index (χ4n) is 6.67. The van der Waals surface area contributed by atoms with E-state index in [1.54, 1.807) is 6.20 Å². The lowest BCUT2D eigenvalue weighted by molar-refractivity contribution is 0.0963. The zero-order chi connectivity index (χ0) is 29.1. The van der Waals surface area contributed by atoms with Gasteiger partial charge in [-0.2, -0.15) is 0 Å². The number of rotatable bonds is 6. The number of aromatic nitrogens is 1. The maximum Gasteiger partial charge on any atom is 0.407 e. The summed E-state index contributed by atoms with van der Waals surface area (Å²) < 4.78 is 5.16. The van der Waals surface area contributed by atoms with Crippen LogP contribution in [0.5, 0.6) is 0 Å². The number of hydrogen-bond acceptors (Lipinski definition) is 6. The predicted octanol–water partition coefficient (Wildman–Crippen LogP) is 5.45. The first-order valence-electron chi connectivity index (χ1n) is 14.7. The highest BCUT2D eigenvalue weighted by Gasteiger charge is 2.46. The lowest BCUT2D eigenvalue weighted by Crippen LogP contribution is -2.42. The molecule has 2 aliphatic carbocycles. The number of pyridine rings is 1. The van der Waals surface area contributed by atoms with Crippen molar-refractivity contribution < 1.29 is 14.3 Å². The van der Waals surface area contributed by atoms with Gasteiger partial charge in [-0.3, -0.25) is 4.79 Å². The first-order chi connectivity index (χ1) is 20.5. The van der Waals surface area contributed by atoms with E-state index in [0.29, 0.717) is 24.3 Å². The van der Waals surface area contributed by atoms with E-state index >= 15 is 0 Å². The van der Waals surface area contributed by atoms with Gasteiger partial charge in [0.25, 0.3) is 5.91 Å². The molecule has 2 aromatic carbocycles. The molecule has 3 aromatic rings. The number of anilines is 1. The minimum atomic E-state index is -0.366. The van der Waals surface area contributed by atoms with Crippen LogP contribution in [0.2, 0.25) is 0 Å². The standard InChI is InChI=1S/C34H37N5O3/c1-2-42-33(41)38-30-21-34(27-11-7-6-10-26(27)30)16-18-39(19-17-34)31-15-13-25(22-36-31)32(40)37-29-20-24(12-14-28(29)35)23-8-4-3-5-9-23/h3-15,22,24,30H,2,16-21,35H2,1H3,(H,37,40)(H,38,41). The van der Waals surface area contributed by atoms with Gasteiger partial charge in [0.05, 0.1) is 23.9 Å². The second-order valence-electron chi connectivity index (χ2n) is 11.3. The van der Waals surface area contributed by atoms with Gasteiger partial charge < -0.3 is 26.0 Å². The largest absolute Gasteiger partial charge is 0.450 e. The molecule has 2 amide bonds. The molecule has 2 unspecified atom stereocenters. The molecule has 3 aliphatic rings. The van der Waals surface area contributed by atoms with Crippen molar-refractivity contribution in [3.05, 3.63) is 119 Å². The van der Waals surface area contributed by atoms with Crippen LogP contribution in [0.3, 0.4) is 0 Å². The fourth-order valence-corrected chi connectivity index (χ4v) is 6.67. The van der Waals surface area contributed by atoms with Gasteiger partial charge in [-0.1, -0.05) is 60.7 Å². The molecular formula is C34H37N5O3. The average Bonchev–Trinajstić information content (AvgIpc) is 3.31. The first kappa shape index (κ1) is 27.6. The summed E-state index contributed by atoms with van der Waals surface area (Å²) >= 11 is 0. The summed E-state index contributed by atoms with van der Waals surface area (Å²) in [6, 6.07) is 22.4. The van der Waals surface area contributed by atoms with Crippen LogP contribution in [0, 0.1) is 0 Å². The number of nitrogens with two attached hydrogens (primary N) is 1. The van der Waals surface area contributed by atoms with Crippen LogP contribution >= 0.6 is 0 Å². The van der Waals surface area contributed by atoms with E-state index < -0.39 is 0 Å². The summed E-state index contributed by atoms with van der Waals surface area (Å²) in [6.07, 6.45) is 8.65. The number of carbonyl (C=O) groups is 2. The molecule has 1 spiro atoms. The number of fused-ring (bicyclic) bond motifs is 2. The molecule has 216 valence electrons. The lowest BCUT2D eigenvalue weighted by atomic mass is 9.73. The van der Waals surface area contributed by atoms with Crippen molar-refractivity contribution in [3.63, 3.8) is 0 Å². The van der Waals surface area contributed by atoms with E-state index in [9.17, 15) is 9.59 Å². The lowest BCUT2D eigenvalue weighted by Gasteiger charge is -2.41. The quantitative estimate of drug-likeness (QED) is 0.368. The molecule has 8 heteroatoms. The minimum Gasteiger partial charge on any atom is -0.450 e. The third-order valence-corrected chi connectivity index (χ3v) is 8.90. The Balaban J connectivity index is 1.08. The van der Waals surface area contributed by atoms with E-state index in [4.69, 9.17) is 10.5 Å². The van der Waals surface area contributed by atoms with Gasteiger partial charge in [0.1, 0.15) is 5.82 Å². The van der Waals surface area contributed by atoms with Crippen molar-refractivity contribution in [3.8, 4) is 0 Å². The number of amides is 2. The number of benzene rings is 2. The summed E-state index contributed by atoms with van der Waals surface area (Å²) in [7, 11) is 0. The van der Waals surface area contributed by atoms with Gasteiger partial charge in [-0.05, 0) is 67.5 Å². The highest BCUT2D eigenvalue weighted by molar-refractivity contribution is 5.95. The number of ether oxygens (including phenoxy) is 1. The van der Waals surface area contributed by atoms with E-state index in [1.807, 2.05) is 49.4 Å². The van der Waals surface area contributed by atoms with Gasteiger partial charge >= 0.3 is 6.09 Å². The monoisotopic (exact) mass is 563 g/mol. The van der Waals surface area contributed by atoms with Crippen molar-refractivity contribution in [1.29, 1.82) is 0 Å². The summed E-state index contributed by atoms with van der Waals surface area (Å²) in [4.78, 5) is 32.2. The highest BCUT2D eigenvalue weighted by atomic mass is 16.5. The zero-order valence-corrected chi connectivity index (χ0v) is 23.9. The number of nitrogens with one attached hydrogen (secondary N) is 2. The van der Waals surface area contributed by atoms with Crippen molar-refractivity contribution in [2.45, 2.75) is 50.0 Å². The molecule has 0 radical (unpaired) electrons. The third kappa shape index (κ3) is 5.49. The zero-order valence-electron chi connectivity index (χ0n) is 23.9. The predicted molar refractivity (Wildman–Crippen MR) is 163 cm³/mol. The van der Waals surface area contributed by atoms with E-state index in [0.717, 1.165) is 43.9 Å². The summed E-state index contributed by atoms with van der Waals surface area (Å²) in [5.74, 6) is 0.812. The van der Waals surface area contributed by atoms with Crippen LogP contribution in [0.4, 0.5) is 10.6 Å². The topological polar surface area (TPSA) is 110 Å². The Morgan fingerprint density at radius 1 is 1.05 bits per heavy atom. The van der Waals surface area contributed by atoms with Gasteiger partial charge in [0, 0.05) is 36.3 Å². The molecule has 2 atom stereocenters. The van der Waals surface area contributed by atoms with Gasteiger partial charge in [-0.15, -0.1) is 0 Å². The summed E-state index contributed by atoms with van der Waals surface area (Å²) in [6.45, 7) is 3.85. The average molecular weight is 564 g/mol. The molecule has 0 saturated carbocycles. The molecule has 0 bridgehead atoms. The van der Waals surface area contributed by atoms with Crippen molar-refractivity contribution in [1.82, 2.24) is 15.6 Å². The Labute approximate surface area is 246 Å². The van der Waals surface area contributed by atoms with Crippen LogP contribution in [0.1, 0.15) is 71.6 Å². The Bertz CT molecular complexity index is 1510. The van der Waals surface area contributed by atoms with Crippen molar-refractivity contribution in [2.24, 2.45) is 5.73 Å². The van der Waals surface area contributed by atoms with Gasteiger partial charge in [0.15, 0.2) is 0 Å². The molecule has 4 N–H and O–H groups in total. The molecular weight excluding hydrogens is 526 g/mol. The third-order valence-electron chi connectivity index (χ3n) is 8.90. The number of nitrogens with zero attached hydrogens (tertiary/aromatic N) is 2. The van der Waals surface area contributed by atoms with Gasteiger partial charge in [0.2, 0.25) is 0 Å². The molecule has 1 fully saturated rings. The summed E-state index contributed by atoms with van der Waals surface area (Å²) in [5.41, 5.74) is 11.7. The maximum absolute atomic E-state index is 13.1. The van der Waals surface area contributed by atoms with Crippen LogP contribution in [-0.2, 0) is 10.2 Å². The normalized spacial score (nSPS) is 20.7. The molecule has 1 aliphatic heterocycles. The molecule has 42 heavy (non-hydrogen) atoms. The molecule has 8 nitrogen and oxygen atoms in total. The Kier molecular flexibility index (Phi) is 7.69. The Morgan fingerprint density at radius 3 is 2.55 bits per heavy atom. The number of piperidine rings is 1. The SMILES string of the molecule is CCOC(=O)NC1CC2(CCN(c3ccc(C(=O)NC4=C(N)C=CC(c5ccccc5)C4)cn3)CC2)c2ccccc21. The molecule has 1 aromatic heterocycles. The minimum absolute atomic E-state index is 0.0107. The first-order valence-corrected chi connectivity index (χ1v) is 14.7. The van der Waals surface area contributed by atoms with E-state index in [1.165, 1.54) is 16.7 Å². The molecule has 1 saturated heterocycles. The summed E-state index contributed by atoms with van der Waals surface area (Å²) in [5, 5.41) is 6.09. The van der Waals surface area contributed by atoms with Crippen LogP contribution in [0.15, 0.2) is 96.5 Å². The molecule has 2 heterocycles. The van der Waals surface area contributed by atoms with Crippen molar-refractivity contribution >= 4 is 17.8 Å². The van der Waals surface area contributed by atoms with Crippen LogP contribution < -0.4 is 21.3 Å². The van der Waals surface area contributed by atoms with E-state index in [-0.39, 0.29) is 29.4 Å². The second-order valence-corrected chi connectivity index (χ2v) is 11.3.